The van der Waals surface area contributed by atoms with Crippen LogP contribution >= 0.6 is 0 Å². The molecule has 0 bridgehead atoms. The Morgan fingerprint density at radius 1 is 1.30 bits per heavy atom. The summed E-state index contributed by atoms with van der Waals surface area (Å²) < 4.78 is 0. The van der Waals surface area contributed by atoms with Gasteiger partial charge in [-0.2, -0.15) is 0 Å². The zero-order valence-electron chi connectivity index (χ0n) is 12.0. The Labute approximate surface area is 120 Å². The molecule has 2 aliphatic carbocycles. The molecule has 0 heterocycles. The molecule has 4 nitrogen and oxygen atoms in total. The summed E-state index contributed by atoms with van der Waals surface area (Å²) in [4.78, 5) is 23.3. The summed E-state index contributed by atoms with van der Waals surface area (Å²) >= 11 is 0. The van der Waals surface area contributed by atoms with Gasteiger partial charge in [0.25, 0.3) is 0 Å². The Kier molecular flexibility index (Phi) is 5.21. The van der Waals surface area contributed by atoms with Crippen molar-refractivity contribution in [3.8, 4) is 0 Å². The zero-order chi connectivity index (χ0) is 14.5. The number of hydrogen-bond donors (Lipinski definition) is 2. The molecule has 2 aliphatic rings. The molecule has 4 heteroatoms. The molecule has 0 saturated heterocycles. The van der Waals surface area contributed by atoms with Crippen molar-refractivity contribution in [2.75, 3.05) is 0 Å². The summed E-state index contributed by atoms with van der Waals surface area (Å²) in [6.07, 6.45) is 10.0. The van der Waals surface area contributed by atoms with Crippen LogP contribution in [-0.2, 0) is 9.59 Å². The molecule has 2 N–H and O–H groups in total. The molecule has 3 unspecified atom stereocenters. The van der Waals surface area contributed by atoms with Gasteiger partial charge < -0.3 is 10.4 Å². The fourth-order valence-electron chi connectivity index (χ4n) is 3.42. The first-order valence-electron chi connectivity index (χ1n) is 7.77. The van der Waals surface area contributed by atoms with Crippen molar-refractivity contribution < 1.29 is 14.7 Å². The number of nitrogens with one attached hydrogen (secondary N) is 1. The lowest BCUT2D eigenvalue weighted by Crippen LogP contribution is -2.41. The molecule has 2 rings (SSSR count). The summed E-state index contributed by atoms with van der Waals surface area (Å²) in [6, 6.07) is -0.770. The van der Waals surface area contributed by atoms with Crippen molar-refractivity contribution in [3.05, 3.63) is 12.7 Å². The Balaban J connectivity index is 1.79. The van der Waals surface area contributed by atoms with Gasteiger partial charge in [0, 0.05) is 5.92 Å². The van der Waals surface area contributed by atoms with Crippen LogP contribution in [0, 0.1) is 17.8 Å². The normalized spacial score (nSPS) is 27.6. The standard InChI is InChI=1S/C16H25NO3/c1-2-3-9-14(16(19)20)17-15(18)13-10-12(13)11-7-5-4-6-8-11/h2,11-14H,1,3-10H2,(H,17,18)(H,19,20). The van der Waals surface area contributed by atoms with E-state index >= 15 is 0 Å². The van der Waals surface area contributed by atoms with E-state index < -0.39 is 12.0 Å². The average Bonchev–Trinajstić information content (AvgIpc) is 3.24. The van der Waals surface area contributed by atoms with Gasteiger partial charge in [0.05, 0.1) is 0 Å². The number of carboxylic acid groups (broad SMARTS) is 1. The largest absolute Gasteiger partial charge is 0.480 e. The van der Waals surface area contributed by atoms with Crippen molar-refractivity contribution in [1.82, 2.24) is 5.32 Å². The fourth-order valence-corrected chi connectivity index (χ4v) is 3.42. The lowest BCUT2D eigenvalue weighted by molar-refractivity contribution is -0.142. The van der Waals surface area contributed by atoms with Crippen LogP contribution in [0.25, 0.3) is 0 Å². The van der Waals surface area contributed by atoms with E-state index in [0.29, 0.717) is 24.7 Å². The second-order valence-electron chi connectivity index (χ2n) is 6.17. The number of carboxylic acids is 1. The van der Waals surface area contributed by atoms with E-state index in [1.54, 1.807) is 6.08 Å². The van der Waals surface area contributed by atoms with Gasteiger partial charge in [0.15, 0.2) is 0 Å². The number of hydrogen-bond acceptors (Lipinski definition) is 2. The second kappa shape index (κ2) is 6.91. The third-order valence-corrected chi connectivity index (χ3v) is 4.71. The minimum absolute atomic E-state index is 0.0583. The van der Waals surface area contributed by atoms with Crippen LogP contribution < -0.4 is 5.32 Å². The van der Waals surface area contributed by atoms with Crippen LogP contribution in [0.4, 0.5) is 0 Å². The highest BCUT2D eigenvalue weighted by molar-refractivity contribution is 5.86. The molecule has 0 spiro atoms. The molecule has 0 aromatic carbocycles. The van der Waals surface area contributed by atoms with Gasteiger partial charge in [-0.25, -0.2) is 4.79 Å². The Hall–Kier alpha value is -1.32. The molecule has 0 aromatic heterocycles. The summed E-state index contributed by atoms with van der Waals surface area (Å²) in [7, 11) is 0. The average molecular weight is 279 g/mol. The smallest absolute Gasteiger partial charge is 0.326 e. The van der Waals surface area contributed by atoms with Gasteiger partial charge in [-0.1, -0.05) is 38.2 Å². The van der Waals surface area contributed by atoms with Crippen molar-refractivity contribution in [2.24, 2.45) is 17.8 Å². The summed E-state index contributed by atoms with van der Waals surface area (Å²) in [5, 5.41) is 11.8. The molecule has 2 fully saturated rings. The minimum atomic E-state index is -0.949. The Bertz CT molecular complexity index is 374. The summed E-state index contributed by atoms with van der Waals surface area (Å²) in [5.41, 5.74) is 0. The monoisotopic (exact) mass is 279 g/mol. The highest BCUT2D eigenvalue weighted by atomic mass is 16.4. The zero-order valence-corrected chi connectivity index (χ0v) is 12.0. The highest BCUT2D eigenvalue weighted by Gasteiger charge is 2.47. The maximum Gasteiger partial charge on any atom is 0.326 e. The van der Waals surface area contributed by atoms with E-state index in [-0.39, 0.29) is 11.8 Å². The molecule has 20 heavy (non-hydrogen) atoms. The van der Waals surface area contributed by atoms with Gasteiger partial charge in [0.1, 0.15) is 6.04 Å². The van der Waals surface area contributed by atoms with E-state index in [2.05, 4.69) is 11.9 Å². The minimum Gasteiger partial charge on any atom is -0.480 e. The first-order valence-corrected chi connectivity index (χ1v) is 7.77. The SMILES string of the molecule is C=CCCC(NC(=O)C1CC1C1CCCCC1)C(=O)O. The number of aliphatic carboxylic acids is 1. The molecule has 0 aliphatic heterocycles. The highest BCUT2D eigenvalue weighted by Crippen LogP contribution is 2.49. The summed E-state index contributed by atoms with van der Waals surface area (Å²) in [6.45, 7) is 3.59. The van der Waals surface area contributed by atoms with Crippen molar-refractivity contribution in [2.45, 2.75) is 57.4 Å². The Morgan fingerprint density at radius 3 is 2.60 bits per heavy atom. The molecule has 0 radical (unpaired) electrons. The van der Waals surface area contributed by atoms with E-state index in [4.69, 9.17) is 5.11 Å². The van der Waals surface area contributed by atoms with Gasteiger partial charge in [-0.3, -0.25) is 4.79 Å². The van der Waals surface area contributed by atoms with Crippen LogP contribution in [0.1, 0.15) is 51.4 Å². The lowest BCUT2D eigenvalue weighted by atomic mass is 9.85. The van der Waals surface area contributed by atoms with Crippen LogP contribution in [0.3, 0.4) is 0 Å². The van der Waals surface area contributed by atoms with Crippen LogP contribution in [0.5, 0.6) is 0 Å². The van der Waals surface area contributed by atoms with Crippen LogP contribution in [0.2, 0.25) is 0 Å². The van der Waals surface area contributed by atoms with E-state index in [1.165, 1.54) is 32.1 Å². The molecule has 1 amide bonds. The third kappa shape index (κ3) is 3.84. The maximum absolute atomic E-state index is 12.1. The molecule has 3 atom stereocenters. The molecular formula is C16H25NO3. The van der Waals surface area contributed by atoms with E-state index in [9.17, 15) is 9.59 Å². The van der Waals surface area contributed by atoms with Crippen LogP contribution in [0.15, 0.2) is 12.7 Å². The quantitative estimate of drug-likeness (QED) is 0.704. The second-order valence-corrected chi connectivity index (χ2v) is 6.17. The predicted molar refractivity (Wildman–Crippen MR) is 77.2 cm³/mol. The number of amides is 1. The van der Waals surface area contributed by atoms with Crippen LogP contribution in [-0.4, -0.2) is 23.0 Å². The van der Waals surface area contributed by atoms with Crippen molar-refractivity contribution in [1.29, 1.82) is 0 Å². The van der Waals surface area contributed by atoms with Gasteiger partial charge in [-0.05, 0) is 31.1 Å². The van der Waals surface area contributed by atoms with Gasteiger partial charge >= 0.3 is 5.97 Å². The number of carbonyl (C=O) groups excluding carboxylic acids is 1. The van der Waals surface area contributed by atoms with E-state index in [0.717, 1.165) is 6.42 Å². The predicted octanol–water partition coefficient (Wildman–Crippen LogP) is 2.74. The first kappa shape index (κ1) is 15.1. The van der Waals surface area contributed by atoms with Crippen molar-refractivity contribution >= 4 is 11.9 Å². The lowest BCUT2D eigenvalue weighted by Gasteiger charge is -2.21. The molecular weight excluding hydrogens is 254 g/mol. The topological polar surface area (TPSA) is 66.4 Å². The Morgan fingerprint density at radius 2 is 2.00 bits per heavy atom. The number of carbonyl (C=O) groups is 2. The van der Waals surface area contributed by atoms with Gasteiger partial charge in [0.2, 0.25) is 5.91 Å². The van der Waals surface area contributed by atoms with Crippen molar-refractivity contribution in [3.63, 3.8) is 0 Å². The fraction of sp³-hybridized carbons (Fsp3) is 0.750. The number of rotatable bonds is 7. The van der Waals surface area contributed by atoms with Gasteiger partial charge in [-0.15, -0.1) is 6.58 Å². The maximum atomic E-state index is 12.1. The van der Waals surface area contributed by atoms with E-state index in [1.807, 2.05) is 0 Å². The molecule has 112 valence electrons. The molecule has 0 aromatic rings. The first-order chi connectivity index (χ1) is 9.63. The third-order valence-electron chi connectivity index (χ3n) is 4.71. The summed E-state index contributed by atoms with van der Waals surface area (Å²) in [5.74, 6) is 0.246. The molecule has 2 saturated carbocycles. The number of allylic oxidation sites excluding steroid dienone is 1.